The van der Waals surface area contributed by atoms with Crippen molar-refractivity contribution in [2.75, 3.05) is 0 Å². The number of halogens is 3. The van der Waals surface area contributed by atoms with Crippen LogP contribution in [0.2, 0.25) is 0 Å². The predicted molar refractivity (Wildman–Crippen MR) is 93.1 cm³/mol. The summed E-state index contributed by atoms with van der Waals surface area (Å²) in [4.78, 5) is 19.3. The molecule has 0 aliphatic carbocycles. The number of aryl methyl sites for hydroxylation is 1. The lowest BCUT2D eigenvalue weighted by Crippen LogP contribution is -2.25. The minimum absolute atomic E-state index is 0.402. The van der Waals surface area contributed by atoms with Crippen LogP contribution in [0.5, 0.6) is 0 Å². The molecule has 4 aromatic rings. The highest BCUT2D eigenvalue weighted by molar-refractivity contribution is 6.14. The number of fused-ring (bicyclic) bond motifs is 3. The number of hydrogen-bond donors (Lipinski definition) is 1. The first kappa shape index (κ1) is 16.4. The van der Waals surface area contributed by atoms with Crippen molar-refractivity contribution < 1.29 is 18.0 Å². The van der Waals surface area contributed by atoms with E-state index in [-0.39, 0.29) is 0 Å². The molecule has 3 aromatic heterocycles. The number of aromatic amines is 1. The molecule has 3 heterocycles. The fourth-order valence-electron chi connectivity index (χ4n) is 3.33. The Labute approximate surface area is 146 Å². The van der Waals surface area contributed by atoms with Crippen molar-refractivity contribution in [3.63, 3.8) is 0 Å². The molecule has 0 bridgehead atoms. The van der Waals surface area contributed by atoms with Gasteiger partial charge in [0.25, 0.3) is 5.78 Å². The number of carbonyl (C=O) groups is 1. The number of para-hydroxylation sites is 1. The Morgan fingerprint density at radius 3 is 2.62 bits per heavy atom. The topological polar surface area (TPSA) is 50.7 Å². The summed E-state index contributed by atoms with van der Waals surface area (Å²) in [5.41, 5.74) is 3.31. The number of nitrogens with zero attached hydrogens (tertiary/aromatic N) is 2. The summed E-state index contributed by atoms with van der Waals surface area (Å²) in [5, 5.41) is 1.83. The maximum atomic E-state index is 12.8. The van der Waals surface area contributed by atoms with Gasteiger partial charge < -0.3 is 9.55 Å². The quantitative estimate of drug-likeness (QED) is 0.525. The third-order valence-corrected chi connectivity index (χ3v) is 4.61. The number of carbonyl (C=O) groups excluding carboxylic acids is 1. The summed E-state index contributed by atoms with van der Waals surface area (Å²) >= 11 is 0. The van der Waals surface area contributed by atoms with E-state index in [1.54, 1.807) is 6.20 Å². The van der Waals surface area contributed by atoms with Gasteiger partial charge in [-0.05, 0) is 25.1 Å². The summed E-state index contributed by atoms with van der Waals surface area (Å²) in [6.07, 6.45) is -3.28. The van der Waals surface area contributed by atoms with Crippen LogP contribution in [-0.2, 0) is 7.05 Å². The molecule has 26 heavy (non-hydrogen) atoms. The lowest BCUT2D eigenvalue weighted by atomic mass is 10.1. The van der Waals surface area contributed by atoms with Crippen LogP contribution < -0.4 is 0 Å². The predicted octanol–water partition coefficient (Wildman–Crippen LogP) is 4.78. The molecule has 0 fully saturated rings. The first-order valence-electron chi connectivity index (χ1n) is 7.92. The number of hydrogen-bond acceptors (Lipinski definition) is 2. The Hall–Kier alpha value is -3.09. The highest BCUT2D eigenvalue weighted by Crippen LogP contribution is 2.36. The molecule has 4 nitrogen and oxygen atoms in total. The van der Waals surface area contributed by atoms with Crippen molar-refractivity contribution in [2.45, 2.75) is 13.1 Å². The molecule has 7 heteroatoms. The number of Topliss-reactive ketones (excluding diaryl/α,β-unsaturated/α-hetero) is 1. The molecule has 0 saturated carbocycles. The first-order chi connectivity index (χ1) is 12.3. The second-order valence-corrected chi connectivity index (χ2v) is 6.17. The summed E-state index contributed by atoms with van der Waals surface area (Å²) in [6.45, 7) is 1.87. The summed E-state index contributed by atoms with van der Waals surface area (Å²) < 4.78 is 39.7. The Morgan fingerprint density at radius 2 is 1.88 bits per heavy atom. The van der Waals surface area contributed by atoms with Gasteiger partial charge in [0.15, 0.2) is 0 Å². The molecule has 1 N–H and O–H groups in total. The van der Waals surface area contributed by atoms with E-state index < -0.39 is 17.7 Å². The van der Waals surface area contributed by atoms with E-state index >= 15 is 0 Å². The lowest BCUT2D eigenvalue weighted by Gasteiger charge is -2.10. The molecule has 0 atom stereocenters. The average Bonchev–Trinajstić information content (AvgIpc) is 3.16. The molecule has 0 amide bonds. The van der Waals surface area contributed by atoms with Crippen molar-refractivity contribution in [3.05, 3.63) is 54.0 Å². The second-order valence-electron chi connectivity index (χ2n) is 6.17. The molecule has 4 rings (SSSR count). The minimum Gasteiger partial charge on any atom is -0.353 e. The molecule has 0 aliphatic heterocycles. The maximum absolute atomic E-state index is 12.8. The van der Waals surface area contributed by atoms with E-state index in [1.165, 1.54) is 23.7 Å². The third kappa shape index (κ3) is 2.31. The zero-order valence-corrected chi connectivity index (χ0v) is 14.0. The largest absolute Gasteiger partial charge is 0.456 e. The highest BCUT2D eigenvalue weighted by atomic mass is 19.4. The zero-order chi connectivity index (χ0) is 18.6. The van der Waals surface area contributed by atoms with E-state index in [0.29, 0.717) is 11.3 Å². The molecule has 1 aromatic carbocycles. The maximum Gasteiger partial charge on any atom is 0.456 e. The van der Waals surface area contributed by atoms with Crippen LogP contribution in [0, 0.1) is 6.92 Å². The van der Waals surface area contributed by atoms with Crippen LogP contribution in [0.25, 0.3) is 33.1 Å². The number of alkyl halides is 3. The number of aromatic nitrogens is 3. The summed E-state index contributed by atoms with van der Waals surface area (Å²) in [7, 11) is 1.45. The van der Waals surface area contributed by atoms with Crippen molar-refractivity contribution >= 4 is 27.6 Å². The van der Waals surface area contributed by atoms with E-state index in [1.807, 2.05) is 31.2 Å². The monoisotopic (exact) mass is 357 g/mol. The van der Waals surface area contributed by atoms with Gasteiger partial charge in [0, 0.05) is 35.1 Å². The number of benzene rings is 1. The fourth-order valence-corrected chi connectivity index (χ4v) is 3.33. The minimum atomic E-state index is -4.91. The van der Waals surface area contributed by atoms with Crippen LogP contribution in [0.3, 0.4) is 0 Å². The zero-order valence-electron chi connectivity index (χ0n) is 14.0. The Morgan fingerprint density at radius 1 is 1.15 bits per heavy atom. The van der Waals surface area contributed by atoms with Gasteiger partial charge in [-0.15, -0.1) is 0 Å². The number of rotatable bonds is 2. The second kappa shape index (κ2) is 5.45. The van der Waals surface area contributed by atoms with Gasteiger partial charge in [0.05, 0.1) is 22.6 Å². The van der Waals surface area contributed by atoms with Crippen LogP contribution in [0.15, 0.2) is 42.6 Å². The van der Waals surface area contributed by atoms with E-state index in [0.717, 1.165) is 27.5 Å². The van der Waals surface area contributed by atoms with Crippen molar-refractivity contribution in [1.82, 2.24) is 14.5 Å². The number of pyridine rings is 1. The lowest BCUT2D eigenvalue weighted by molar-refractivity contribution is -0.0890. The van der Waals surface area contributed by atoms with Gasteiger partial charge in [0.2, 0.25) is 0 Å². The van der Waals surface area contributed by atoms with Gasteiger partial charge >= 0.3 is 6.18 Å². The van der Waals surface area contributed by atoms with Gasteiger partial charge in [0.1, 0.15) is 0 Å². The van der Waals surface area contributed by atoms with Crippen LogP contribution >= 0.6 is 0 Å². The summed E-state index contributed by atoms with van der Waals surface area (Å²) in [5.74, 6) is -1.86. The highest BCUT2D eigenvalue weighted by Gasteiger charge is 2.41. The fraction of sp³-hybridized carbons (Fsp3) is 0.158. The number of ketones is 1. The van der Waals surface area contributed by atoms with Crippen molar-refractivity contribution in [3.8, 4) is 11.3 Å². The van der Waals surface area contributed by atoms with Crippen LogP contribution in [0.1, 0.15) is 16.2 Å². The van der Waals surface area contributed by atoms with Gasteiger partial charge in [-0.2, -0.15) is 13.2 Å². The molecule has 0 unspecified atom stereocenters. The van der Waals surface area contributed by atoms with Crippen LogP contribution in [0.4, 0.5) is 13.2 Å². The van der Waals surface area contributed by atoms with E-state index in [4.69, 9.17) is 0 Å². The van der Waals surface area contributed by atoms with Crippen LogP contribution in [-0.4, -0.2) is 26.5 Å². The van der Waals surface area contributed by atoms with Gasteiger partial charge in [-0.1, -0.05) is 18.2 Å². The number of H-pyrrole nitrogens is 1. The smallest absolute Gasteiger partial charge is 0.353 e. The Kier molecular flexibility index (Phi) is 3.44. The van der Waals surface area contributed by atoms with Crippen molar-refractivity contribution in [2.24, 2.45) is 7.05 Å². The molecule has 132 valence electrons. The molecule has 0 spiro atoms. The Balaban J connectivity index is 2.01. The van der Waals surface area contributed by atoms with Gasteiger partial charge in [-0.25, -0.2) is 0 Å². The van der Waals surface area contributed by atoms with E-state index in [2.05, 4.69) is 9.97 Å². The summed E-state index contributed by atoms with van der Waals surface area (Å²) in [6, 6.07) is 10.4. The van der Waals surface area contributed by atoms with Crippen molar-refractivity contribution in [1.29, 1.82) is 0 Å². The average molecular weight is 357 g/mol. The number of nitrogens with one attached hydrogen (secondary N) is 1. The molecule has 0 aliphatic rings. The third-order valence-electron chi connectivity index (χ3n) is 4.61. The SMILES string of the molecule is Cc1ncc(-c2ccc(C(=O)C(F)(F)F)n2C)c2c1[nH]c1ccccc12. The van der Waals surface area contributed by atoms with Gasteiger partial charge in [-0.3, -0.25) is 9.78 Å². The molecule has 0 saturated heterocycles. The molecular formula is C19H14F3N3O. The van der Waals surface area contributed by atoms with E-state index in [9.17, 15) is 18.0 Å². The Bertz CT molecular complexity index is 1170. The molecular weight excluding hydrogens is 343 g/mol. The standard InChI is InChI=1S/C19H14F3N3O/c1-10-17-16(11-5-3-4-6-13(11)24-17)12(9-23-10)14-7-8-15(25(14)2)18(26)19(20,21)22/h3-9,24H,1-2H3. The first-order valence-corrected chi connectivity index (χ1v) is 7.92. The molecule has 0 radical (unpaired) electrons. The normalized spacial score (nSPS) is 12.2.